The summed E-state index contributed by atoms with van der Waals surface area (Å²) in [4.78, 5) is 12.2. The minimum absolute atomic E-state index is 0.110. The minimum Gasteiger partial charge on any atom is -0.396 e. The molecule has 2 saturated carbocycles. The molecule has 2 aliphatic carbocycles. The van der Waals surface area contributed by atoms with E-state index in [0.717, 1.165) is 25.7 Å². The van der Waals surface area contributed by atoms with Crippen LogP contribution < -0.4 is 11.1 Å². The third-order valence-electron chi connectivity index (χ3n) is 4.36. The van der Waals surface area contributed by atoms with E-state index in [2.05, 4.69) is 10.4 Å². The van der Waals surface area contributed by atoms with Gasteiger partial charge in [0.15, 0.2) is 5.69 Å². The fourth-order valence-electron chi connectivity index (χ4n) is 3.26. The van der Waals surface area contributed by atoms with E-state index in [-0.39, 0.29) is 5.91 Å². The van der Waals surface area contributed by atoms with Gasteiger partial charge in [0.1, 0.15) is 0 Å². The van der Waals surface area contributed by atoms with E-state index in [9.17, 15) is 4.79 Å². The highest BCUT2D eigenvalue weighted by molar-refractivity contribution is 5.97. The van der Waals surface area contributed by atoms with Gasteiger partial charge < -0.3 is 11.1 Å². The summed E-state index contributed by atoms with van der Waals surface area (Å²) < 4.78 is 1.89. The lowest BCUT2D eigenvalue weighted by molar-refractivity contribution is 0.0932. The second-order valence-electron chi connectivity index (χ2n) is 5.81. The molecule has 1 aromatic heterocycles. The highest BCUT2D eigenvalue weighted by Gasteiger charge is 2.24. The number of nitrogens with two attached hydrogens (primary N) is 1. The largest absolute Gasteiger partial charge is 0.396 e. The molecule has 1 aromatic rings. The maximum Gasteiger partial charge on any atom is 0.274 e. The van der Waals surface area contributed by atoms with Crippen LogP contribution in [0.1, 0.15) is 67.9 Å². The average Bonchev–Trinajstić information content (AvgIpc) is 3.07. The number of hydrogen-bond donors (Lipinski definition) is 2. The minimum atomic E-state index is -0.110. The number of carbonyl (C=O) groups excluding carboxylic acids is 1. The Kier molecular flexibility index (Phi) is 3.44. The van der Waals surface area contributed by atoms with Crippen LogP contribution in [-0.2, 0) is 0 Å². The number of amides is 1. The zero-order valence-corrected chi connectivity index (χ0v) is 11.3. The van der Waals surface area contributed by atoms with E-state index in [0.29, 0.717) is 23.5 Å². The Balaban J connectivity index is 1.70. The zero-order chi connectivity index (χ0) is 13.2. The molecule has 5 heteroatoms. The number of nitrogens with one attached hydrogen (secondary N) is 1. The summed E-state index contributed by atoms with van der Waals surface area (Å²) in [6.45, 7) is 0. The number of hydrogen-bond acceptors (Lipinski definition) is 3. The summed E-state index contributed by atoms with van der Waals surface area (Å²) in [6, 6.07) is 0.735. The van der Waals surface area contributed by atoms with Crippen LogP contribution in [0.2, 0.25) is 0 Å². The van der Waals surface area contributed by atoms with Crippen LogP contribution >= 0.6 is 0 Å². The van der Waals surface area contributed by atoms with Crippen LogP contribution in [-0.4, -0.2) is 21.7 Å². The first-order valence-electron chi connectivity index (χ1n) is 7.39. The molecule has 0 aromatic carbocycles. The molecular weight excluding hydrogens is 240 g/mol. The van der Waals surface area contributed by atoms with Crippen molar-refractivity contribution in [3.63, 3.8) is 0 Å². The maximum absolute atomic E-state index is 12.2. The first-order valence-corrected chi connectivity index (χ1v) is 7.39. The molecular formula is C14H22N4O. The van der Waals surface area contributed by atoms with Crippen molar-refractivity contribution in [2.45, 2.75) is 63.5 Å². The molecule has 104 valence electrons. The summed E-state index contributed by atoms with van der Waals surface area (Å²) in [5, 5.41) is 7.46. The van der Waals surface area contributed by atoms with Crippen LogP contribution in [0.4, 0.5) is 5.69 Å². The van der Waals surface area contributed by atoms with Crippen molar-refractivity contribution in [1.29, 1.82) is 0 Å². The molecule has 0 saturated heterocycles. The molecule has 0 radical (unpaired) electrons. The molecule has 2 aliphatic rings. The second kappa shape index (κ2) is 5.23. The van der Waals surface area contributed by atoms with Crippen molar-refractivity contribution < 1.29 is 4.79 Å². The topological polar surface area (TPSA) is 72.9 Å². The Labute approximate surface area is 113 Å². The molecule has 2 fully saturated rings. The van der Waals surface area contributed by atoms with Gasteiger partial charge >= 0.3 is 0 Å². The number of anilines is 1. The van der Waals surface area contributed by atoms with Gasteiger partial charge in [-0.3, -0.25) is 9.48 Å². The molecule has 0 bridgehead atoms. The van der Waals surface area contributed by atoms with E-state index in [1.165, 1.54) is 25.7 Å². The molecule has 1 amide bonds. The van der Waals surface area contributed by atoms with Crippen molar-refractivity contribution in [2.75, 3.05) is 5.73 Å². The third kappa shape index (κ3) is 2.60. The van der Waals surface area contributed by atoms with Gasteiger partial charge in [0, 0.05) is 12.2 Å². The summed E-state index contributed by atoms with van der Waals surface area (Å²) in [5.41, 5.74) is 6.84. The fraction of sp³-hybridized carbons (Fsp3) is 0.714. The highest BCUT2D eigenvalue weighted by atomic mass is 16.2. The Morgan fingerprint density at radius 3 is 2.53 bits per heavy atom. The number of aromatic nitrogens is 2. The standard InChI is InChI=1S/C14H22N4O/c15-12-9-18(11-7-3-4-8-11)17-13(12)14(19)16-10-5-1-2-6-10/h9-11H,1-8,15H2,(H,16,19). The molecule has 3 N–H and O–H groups in total. The maximum atomic E-state index is 12.2. The Morgan fingerprint density at radius 2 is 1.84 bits per heavy atom. The third-order valence-corrected chi connectivity index (χ3v) is 4.36. The fourth-order valence-corrected chi connectivity index (χ4v) is 3.26. The van der Waals surface area contributed by atoms with Crippen molar-refractivity contribution >= 4 is 11.6 Å². The van der Waals surface area contributed by atoms with E-state index >= 15 is 0 Å². The SMILES string of the molecule is Nc1cn(C2CCCC2)nc1C(=O)NC1CCCC1. The second-order valence-corrected chi connectivity index (χ2v) is 5.81. The molecule has 0 atom stereocenters. The van der Waals surface area contributed by atoms with Gasteiger partial charge in [-0.05, 0) is 25.7 Å². The molecule has 5 nitrogen and oxygen atoms in total. The Morgan fingerprint density at radius 1 is 1.21 bits per heavy atom. The van der Waals surface area contributed by atoms with Crippen LogP contribution in [0.25, 0.3) is 0 Å². The predicted octanol–water partition coefficient (Wildman–Crippen LogP) is 2.25. The lowest BCUT2D eigenvalue weighted by atomic mass is 10.2. The normalized spacial score (nSPS) is 21.1. The van der Waals surface area contributed by atoms with Gasteiger partial charge in [-0.1, -0.05) is 25.7 Å². The lowest BCUT2D eigenvalue weighted by Crippen LogP contribution is -2.33. The summed E-state index contributed by atoms with van der Waals surface area (Å²) in [6.07, 6.45) is 11.2. The highest BCUT2D eigenvalue weighted by Crippen LogP contribution is 2.30. The van der Waals surface area contributed by atoms with Crippen molar-refractivity contribution in [3.05, 3.63) is 11.9 Å². The van der Waals surface area contributed by atoms with E-state index in [4.69, 9.17) is 5.73 Å². The van der Waals surface area contributed by atoms with E-state index in [1.54, 1.807) is 0 Å². The van der Waals surface area contributed by atoms with Crippen LogP contribution in [0.5, 0.6) is 0 Å². The lowest BCUT2D eigenvalue weighted by Gasteiger charge is -2.11. The van der Waals surface area contributed by atoms with E-state index < -0.39 is 0 Å². The van der Waals surface area contributed by atoms with Crippen molar-refractivity contribution in [1.82, 2.24) is 15.1 Å². The zero-order valence-electron chi connectivity index (χ0n) is 11.3. The first kappa shape index (κ1) is 12.5. The average molecular weight is 262 g/mol. The number of rotatable bonds is 3. The van der Waals surface area contributed by atoms with Crippen molar-refractivity contribution in [3.8, 4) is 0 Å². The smallest absolute Gasteiger partial charge is 0.274 e. The van der Waals surface area contributed by atoms with Crippen LogP contribution in [0, 0.1) is 0 Å². The Bertz CT molecular complexity index is 456. The summed E-state index contributed by atoms with van der Waals surface area (Å²) in [7, 11) is 0. The van der Waals surface area contributed by atoms with Gasteiger partial charge in [-0.2, -0.15) is 5.10 Å². The first-order chi connectivity index (χ1) is 9.24. The quantitative estimate of drug-likeness (QED) is 0.877. The summed E-state index contributed by atoms with van der Waals surface area (Å²) >= 11 is 0. The van der Waals surface area contributed by atoms with Gasteiger partial charge in [-0.25, -0.2) is 0 Å². The monoisotopic (exact) mass is 262 g/mol. The molecule has 0 unspecified atom stereocenters. The molecule has 0 aliphatic heterocycles. The summed E-state index contributed by atoms with van der Waals surface area (Å²) in [5.74, 6) is -0.110. The molecule has 3 rings (SSSR count). The predicted molar refractivity (Wildman–Crippen MR) is 73.9 cm³/mol. The number of nitrogens with zero attached hydrogens (tertiary/aromatic N) is 2. The Hall–Kier alpha value is -1.52. The van der Waals surface area contributed by atoms with Gasteiger partial charge in [0.25, 0.3) is 5.91 Å². The van der Waals surface area contributed by atoms with Gasteiger partial charge in [0.2, 0.25) is 0 Å². The van der Waals surface area contributed by atoms with Crippen LogP contribution in [0.15, 0.2) is 6.20 Å². The van der Waals surface area contributed by atoms with E-state index in [1.807, 2.05) is 10.9 Å². The van der Waals surface area contributed by atoms with Gasteiger partial charge in [0.05, 0.1) is 11.7 Å². The molecule has 0 spiro atoms. The number of nitrogen functional groups attached to an aromatic ring is 1. The van der Waals surface area contributed by atoms with Crippen LogP contribution in [0.3, 0.4) is 0 Å². The van der Waals surface area contributed by atoms with Crippen molar-refractivity contribution in [2.24, 2.45) is 0 Å². The number of carbonyl (C=O) groups is 1. The van der Waals surface area contributed by atoms with Gasteiger partial charge in [-0.15, -0.1) is 0 Å². The molecule has 1 heterocycles. The molecule has 19 heavy (non-hydrogen) atoms.